The van der Waals surface area contributed by atoms with Crippen LogP contribution in [0.5, 0.6) is 0 Å². The minimum Gasteiger partial charge on any atom is -0.456 e. The van der Waals surface area contributed by atoms with Crippen molar-refractivity contribution in [1.29, 1.82) is 0 Å². The summed E-state index contributed by atoms with van der Waals surface area (Å²) in [6, 6.07) is 16.9. The van der Waals surface area contributed by atoms with Crippen molar-refractivity contribution in [2.75, 3.05) is 21.3 Å². The van der Waals surface area contributed by atoms with Gasteiger partial charge in [0.15, 0.2) is 6.10 Å². The number of hydrogen-bond donors (Lipinski definition) is 0. The van der Waals surface area contributed by atoms with Gasteiger partial charge in [0.05, 0.1) is 0 Å². The number of benzene rings is 3. The van der Waals surface area contributed by atoms with Gasteiger partial charge in [-0.2, -0.15) is 39.5 Å². The third-order valence-electron chi connectivity index (χ3n) is 11.1. The summed E-state index contributed by atoms with van der Waals surface area (Å²) in [7, 11) is 1.79. The van der Waals surface area contributed by atoms with Gasteiger partial charge in [-0.1, -0.05) is 117 Å². The predicted molar refractivity (Wildman–Crippen MR) is 215 cm³/mol. The fourth-order valence-corrected chi connectivity index (χ4v) is 7.60. The largest absolute Gasteiger partial charge is 0.456 e. The second-order valence-corrected chi connectivity index (χ2v) is 15.2. The van der Waals surface area contributed by atoms with E-state index in [0.717, 1.165) is 48.5 Å². The van der Waals surface area contributed by atoms with E-state index < -0.39 is 107 Å². The van der Waals surface area contributed by atoms with Crippen LogP contribution in [-0.2, 0) is 69.1 Å². The van der Waals surface area contributed by atoms with Crippen molar-refractivity contribution in [2.24, 2.45) is 0 Å². The molecule has 0 fully saturated rings. The maximum atomic E-state index is 15.1. The maximum Gasteiger partial charge on any atom is 0.432 e. The van der Waals surface area contributed by atoms with Crippen LogP contribution in [0.2, 0.25) is 0 Å². The van der Waals surface area contributed by atoms with Crippen molar-refractivity contribution in [3.05, 3.63) is 120 Å². The Kier molecular flexibility index (Phi) is 18.0. The molecule has 1 aliphatic heterocycles. The van der Waals surface area contributed by atoms with Gasteiger partial charge in [-0.25, -0.2) is 19.2 Å². The number of carbonyl (C=O) groups excluding carboxylic acids is 4. The van der Waals surface area contributed by atoms with E-state index in [2.05, 4.69) is 0 Å². The van der Waals surface area contributed by atoms with E-state index in [1.165, 1.54) is 49.4 Å². The van der Waals surface area contributed by atoms with Crippen LogP contribution in [0.3, 0.4) is 0 Å². The SMILES string of the molecule is COC(C(=O)O[C@H]1CCCCCCCC[C@H](OC(=O)C(OC)(c2ccccc2)C(F)(F)F)[C@H](OC(=O)C(OC)(c2ccccc2)C(F)(F)F)/C=C/C(=O)O[C@@H]1C)(c1ccccc1)C(F)(F)F. The van der Waals surface area contributed by atoms with Gasteiger partial charge >= 0.3 is 42.4 Å². The number of alkyl halides is 9. The quantitative estimate of drug-likeness (QED) is 0.0977. The fourth-order valence-electron chi connectivity index (χ4n) is 7.60. The Bertz CT molecular complexity index is 2080. The number of methoxy groups -OCH3 is 3. The lowest BCUT2D eigenvalue weighted by molar-refractivity contribution is -0.284. The molecule has 20 heteroatoms. The molecule has 3 aromatic carbocycles. The zero-order valence-electron chi connectivity index (χ0n) is 36.2. The van der Waals surface area contributed by atoms with Gasteiger partial charge in [0, 0.05) is 44.1 Å². The molecule has 3 aromatic rings. The minimum atomic E-state index is -5.56. The summed E-state index contributed by atoms with van der Waals surface area (Å²) in [4.78, 5) is 55.1. The van der Waals surface area contributed by atoms with Crippen molar-refractivity contribution in [1.82, 2.24) is 0 Å². The Hall–Kier alpha value is -5.47. The number of ether oxygens (including phenoxy) is 7. The first kappa shape index (κ1) is 53.1. The highest BCUT2D eigenvalue weighted by Gasteiger charge is 2.67. The molecule has 7 atom stereocenters. The molecule has 1 aliphatic rings. The second kappa shape index (κ2) is 22.3. The molecule has 0 saturated heterocycles. The zero-order chi connectivity index (χ0) is 49.0. The molecule has 0 N–H and O–H groups in total. The van der Waals surface area contributed by atoms with Crippen molar-refractivity contribution in [3.63, 3.8) is 0 Å². The Morgan fingerprint density at radius 1 is 0.500 bits per heavy atom. The fraction of sp³-hybridized carbons (Fsp3) is 0.478. The molecule has 11 nitrogen and oxygen atoms in total. The van der Waals surface area contributed by atoms with E-state index >= 15 is 26.3 Å². The van der Waals surface area contributed by atoms with E-state index in [4.69, 9.17) is 33.2 Å². The number of cyclic esters (lactones) is 1. The molecule has 0 aromatic heterocycles. The van der Waals surface area contributed by atoms with Crippen LogP contribution in [0.15, 0.2) is 103 Å². The average Bonchev–Trinajstić information content (AvgIpc) is 3.25. The van der Waals surface area contributed by atoms with Gasteiger partial charge in [-0.15, -0.1) is 0 Å². The van der Waals surface area contributed by atoms with E-state index in [0.29, 0.717) is 52.7 Å². The summed E-state index contributed by atoms with van der Waals surface area (Å²) in [5.74, 6) is -7.56. The van der Waals surface area contributed by atoms with E-state index in [9.17, 15) is 32.3 Å². The smallest absolute Gasteiger partial charge is 0.432 e. The van der Waals surface area contributed by atoms with Crippen LogP contribution in [0.25, 0.3) is 0 Å². The second-order valence-electron chi connectivity index (χ2n) is 15.2. The minimum absolute atomic E-state index is 0.00228. The normalized spacial score (nSPS) is 22.8. The van der Waals surface area contributed by atoms with Crippen molar-refractivity contribution < 1.29 is 91.8 Å². The summed E-state index contributed by atoms with van der Waals surface area (Å²) in [5, 5.41) is 0. The molecule has 0 spiro atoms. The van der Waals surface area contributed by atoms with Gasteiger partial charge in [0.1, 0.15) is 18.3 Å². The molecule has 66 heavy (non-hydrogen) atoms. The lowest BCUT2D eigenvalue weighted by atomic mass is 9.92. The van der Waals surface area contributed by atoms with Gasteiger partial charge < -0.3 is 33.2 Å². The lowest BCUT2D eigenvalue weighted by Crippen LogP contribution is -2.55. The summed E-state index contributed by atoms with van der Waals surface area (Å²) < 4.78 is 171. The Labute approximate surface area is 374 Å². The highest BCUT2D eigenvalue weighted by atomic mass is 19.4. The van der Waals surface area contributed by atoms with Gasteiger partial charge in [-0.3, -0.25) is 0 Å². The number of halogens is 9. The lowest BCUT2D eigenvalue weighted by Gasteiger charge is -2.36. The van der Waals surface area contributed by atoms with Crippen LogP contribution >= 0.6 is 0 Å². The third-order valence-corrected chi connectivity index (χ3v) is 11.1. The van der Waals surface area contributed by atoms with Crippen molar-refractivity contribution in [2.45, 2.75) is 118 Å². The zero-order valence-corrected chi connectivity index (χ0v) is 36.2. The molecule has 1 heterocycles. The third kappa shape index (κ3) is 11.4. The predicted octanol–water partition coefficient (Wildman–Crippen LogP) is 9.66. The average molecular weight is 949 g/mol. The first-order chi connectivity index (χ1) is 31.1. The molecule has 362 valence electrons. The molecule has 0 aliphatic carbocycles. The molecular formula is C46H49F9O11. The van der Waals surface area contributed by atoms with Crippen LogP contribution in [-0.4, -0.2) is 88.2 Å². The Morgan fingerprint density at radius 2 is 0.818 bits per heavy atom. The summed E-state index contributed by atoms with van der Waals surface area (Å²) in [6.45, 7) is 1.18. The number of esters is 4. The first-order valence-corrected chi connectivity index (χ1v) is 20.6. The molecule has 4 rings (SSSR count). The maximum absolute atomic E-state index is 15.1. The monoisotopic (exact) mass is 948 g/mol. The number of rotatable bonds is 12. The topological polar surface area (TPSA) is 133 Å². The summed E-state index contributed by atoms with van der Waals surface area (Å²) in [5.41, 5.74) is -13.4. The van der Waals surface area contributed by atoms with Gasteiger partial charge in [-0.05, 0) is 38.7 Å². The molecule has 0 saturated carbocycles. The van der Waals surface area contributed by atoms with Gasteiger partial charge in [0.25, 0.3) is 16.8 Å². The Morgan fingerprint density at radius 3 is 1.17 bits per heavy atom. The van der Waals surface area contributed by atoms with E-state index in [1.807, 2.05) is 0 Å². The summed E-state index contributed by atoms with van der Waals surface area (Å²) in [6.07, 6.45) is -21.6. The summed E-state index contributed by atoms with van der Waals surface area (Å²) >= 11 is 0. The van der Waals surface area contributed by atoms with Crippen LogP contribution in [0.4, 0.5) is 39.5 Å². The molecule has 3 unspecified atom stereocenters. The molecule has 0 bridgehead atoms. The first-order valence-electron chi connectivity index (χ1n) is 20.6. The van der Waals surface area contributed by atoms with Crippen LogP contribution in [0.1, 0.15) is 75.0 Å². The van der Waals surface area contributed by atoms with E-state index in [1.54, 1.807) is 0 Å². The van der Waals surface area contributed by atoms with Crippen molar-refractivity contribution >= 4 is 23.9 Å². The molecular weight excluding hydrogens is 899 g/mol. The van der Waals surface area contributed by atoms with Gasteiger partial charge in [0.2, 0.25) is 0 Å². The van der Waals surface area contributed by atoms with Crippen molar-refractivity contribution in [3.8, 4) is 0 Å². The highest BCUT2D eigenvalue weighted by molar-refractivity contribution is 5.85. The van der Waals surface area contributed by atoms with E-state index in [-0.39, 0.29) is 25.7 Å². The standard InChI is InChI=1S/C46H49F9O11/c1-30-34(64-38(57)41(60-2,44(47,48)49)31-20-12-9-13-21-31)26-18-7-5-6-8-19-27-35(65-39(58)42(61-3,45(50,51)52)32-22-14-10-15-23-32)36(28-29-37(56)63-30)66-40(59)43(62-4,46(53,54)55)33-24-16-11-17-25-33/h9-17,20-25,28-30,34-36H,5-8,18-19,26-27H2,1-4H3/b29-28+/t30-,34+,35+,36-,41?,42?,43?/m1/s1. The highest BCUT2D eigenvalue weighted by Crippen LogP contribution is 2.46. The van der Waals surface area contributed by atoms with Crippen LogP contribution in [0, 0.1) is 0 Å². The Balaban J connectivity index is 1.81. The van der Waals surface area contributed by atoms with Crippen LogP contribution < -0.4 is 0 Å². The number of hydrogen-bond acceptors (Lipinski definition) is 11. The molecule has 0 radical (unpaired) electrons. The number of carbonyl (C=O) groups is 4. The molecule has 0 amide bonds.